The fraction of sp³-hybridized carbons (Fsp3) is 0.393. The molecule has 0 bridgehead atoms. The van der Waals surface area contributed by atoms with Crippen LogP contribution in [-0.2, 0) is 14.9 Å². The predicted octanol–water partition coefficient (Wildman–Crippen LogP) is 4.99. The van der Waals surface area contributed by atoms with Gasteiger partial charge in [-0.2, -0.15) is 5.11 Å². The average molecular weight is 549 g/mol. The van der Waals surface area contributed by atoms with E-state index in [2.05, 4.69) is 17.2 Å². The van der Waals surface area contributed by atoms with Crippen LogP contribution in [0.3, 0.4) is 0 Å². The molecule has 0 aliphatic rings. The van der Waals surface area contributed by atoms with Gasteiger partial charge in [0.05, 0.1) is 16.3 Å². The fourth-order valence-electron chi connectivity index (χ4n) is 3.98. The molecule has 0 radical (unpaired) electrons. The van der Waals surface area contributed by atoms with Crippen molar-refractivity contribution in [1.82, 2.24) is 0 Å². The molecule has 0 fully saturated rings. The molecule has 0 aromatic heterocycles. The zero-order valence-corrected chi connectivity index (χ0v) is 25.6. The van der Waals surface area contributed by atoms with Gasteiger partial charge in [-0.05, 0) is 42.8 Å². The van der Waals surface area contributed by atoms with Crippen molar-refractivity contribution in [2.45, 2.75) is 76.0 Å². The summed E-state index contributed by atoms with van der Waals surface area (Å²) in [6, 6.07) is 16.1. The maximum atomic E-state index is 12.4. The Morgan fingerprint density at radius 3 is 2.00 bits per heavy atom. The summed E-state index contributed by atoms with van der Waals surface area (Å²) >= 11 is 0. The summed E-state index contributed by atoms with van der Waals surface area (Å²) in [6.07, 6.45) is 11.1. The van der Waals surface area contributed by atoms with Gasteiger partial charge in [0, 0.05) is 17.2 Å². The molecule has 0 atom stereocenters. The molecule has 7 nitrogen and oxygen atoms in total. The Bertz CT molecular complexity index is 1280. The number of benzene rings is 3. The third kappa shape index (κ3) is 10.7. The van der Waals surface area contributed by atoms with Crippen molar-refractivity contribution in [3.8, 4) is 5.75 Å². The van der Waals surface area contributed by atoms with Gasteiger partial charge in [-0.3, -0.25) is 4.79 Å². The second-order valence-corrected chi connectivity index (χ2v) is 10.2. The molecule has 0 saturated carbocycles. The third-order valence-corrected chi connectivity index (χ3v) is 6.82. The first-order chi connectivity index (χ1) is 17.4. The van der Waals surface area contributed by atoms with Crippen LogP contribution in [0.25, 0.3) is 10.8 Å². The molecule has 0 amide bonds. The summed E-state index contributed by atoms with van der Waals surface area (Å²) in [6.45, 7) is 2.22. The van der Waals surface area contributed by atoms with E-state index < -0.39 is 10.1 Å². The van der Waals surface area contributed by atoms with Gasteiger partial charge in [0.15, 0.2) is 0 Å². The van der Waals surface area contributed by atoms with Crippen LogP contribution in [0.15, 0.2) is 75.8 Å². The van der Waals surface area contributed by atoms with Gasteiger partial charge >= 0.3 is 57.4 Å². The van der Waals surface area contributed by atoms with E-state index in [0.717, 1.165) is 30.0 Å². The molecule has 192 valence electrons. The molecule has 9 heteroatoms. The molecule has 0 unspecified atom stereocenters. The number of esters is 1. The zero-order valence-electron chi connectivity index (χ0n) is 21.7. The predicted molar refractivity (Wildman–Crippen MR) is 140 cm³/mol. The quantitative estimate of drug-likeness (QED) is 0.0704. The van der Waals surface area contributed by atoms with E-state index in [1.54, 1.807) is 12.1 Å². The Morgan fingerprint density at radius 2 is 1.38 bits per heavy atom. The Morgan fingerprint density at radius 1 is 0.784 bits per heavy atom. The van der Waals surface area contributed by atoms with E-state index in [1.165, 1.54) is 62.8 Å². The van der Waals surface area contributed by atoms with Crippen molar-refractivity contribution in [3.05, 3.63) is 60.7 Å². The molecule has 0 aliphatic carbocycles. The van der Waals surface area contributed by atoms with Crippen LogP contribution in [0.1, 0.15) is 71.1 Å². The van der Waals surface area contributed by atoms with Crippen LogP contribution in [-0.4, -0.2) is 18.9 Å². The number of ether oxygens (including phenoxy) is 1. The number of unbranched alkanes of at least 4 members (excludes halogenated alkanes) is 8. The molecule has 3 aromatic rings. The summed E-state index contributed by atoms with van der Waals surface area (Å²) in [5.41, 5.74) is 0.979. The number of nitrogens with zero attached hydrogens (tertiary/aromatic N) is 2. The summed E-state index contributed by atoms with van der Waals surface area (Å²) in [4.78, 5) is 12.1. The van der Waals surface area contributed by atoms with Crippen LogP contribution in [0, 0.1) is 0 Å². The van der Waals surface area contributed by atoms with Gasteiger partial charge in [0.2, 0.25) is 0 Å². The van der Waals surface area contributed by atoms with E-state index >= 15 is 0 Å². The van der Waals surface area contributed by atoms with Gasteiger partial charge < -0.3 is 9.29 Å². The van der Waals surface area contributed by atoms with Crippen LogP contribution in [0.4, 0.5) is 11.4 Å². The van der Waals surface area contributed by atoms with Crippen LogP contribution < -0.4 is 56.1 Å². The first-order valence-electron chi connectivity index (χ1n) is 12.6. The summed E-state index contributed by atoms with van der Waals surface area (Å²) < 4.78 is 38.9. The number of carbonyl (C=O) groups is 1. The Balaban J connectivity index is 0.00000481. The van der Waals surface area contributed by atoms with Gasteiger partial charge in [0.25, 0.3) is 0 Å². The number of rotatable bonds is 14. The molecular weight excluding hydrogens is 515 g/mol. The first kappa shape index (κ1) is 31.8. The Kier molecular flexibility index (Phi) is 14.1. The fourth-order valence-corrected chi connectivity index (χ4v) is 4.45. The van der Waals surface area contributed by atoms with E-state index in [4.69, 9.17) is 4.74 Å². The molecule has 0 N–H and O–H groups in total. The molecule has 0 saturated heterocycles. The number of fused-ring (bicyclic) bond motifs is 1. The van der Waals surface area contributed by atoms with Gasteiger partial charge in [-0.1, -0.05) is 82.6 Å². The van der Waals surface area contributed by atoms with Gasteiger partial charge in [-0.15, -0.1) is 5.11 Å². The van der Waals surface area contributed by atoms with Crippen LogP contribution in [0.5, 0.6) is 5.75 Å². The third-order valence-electron chi connectivity index (χ3n) is 5.97. The standard InChI is InChI=1S/C28H34N2O5S.K/c1-2-3-4-5-6-7-8-9-10-15-28(31)35-27-21-20-26(24-13-11-12-14-25(24)27)30-29-22-16-18-23(19-17-22)36(32,33)34;/h11-14,16-21H,2-10,15H2,1H3,(H,32,33,34);/q;+1/p-1/b30-29+;. The minimum absolute atomic E-state index is 0. The van der Waals surface area contributed by atoms with Crippen molar-refractivity contribution >= 4 is 38.2 Å². The maximum Gasteiger partial charge on any atom is 1.00 e. The second-order valence-electron chi connectivity index (χ2n) is 8.83. The molecule has 3 rings (SSSR count). The number of azo groups is 1. The van der Waals surface area contributed by atoms with E-state index in [1.807, 2.05) is 24.3 Å². The van der Waals surface area contributed by atoms with Crippen molar-refractivity contribution in [2.75, 3.05) is 0 Å². The van der Waals surface area contributed by atoms with E-state index in [9.17, 15) is 17.8 Å². The maximum absolute atomic E-state index is 12.4. The summed E-state index contributed by atoms with van der Waals surface area (Å²) in [5, 5.41) is 9.95. The Labute approximate surface area is 262 Å². The van der Waals surface area contributed by atoms with Crippen molar-refractivity contribution in [2.24, 2.45) is 10.2 Å². The Hall–Kier alpha value is -1.46. The van der Waals surface area contributed by atoms with Crippen molar-refractivity contribution in [3.63, 3.8) is 0 Å². The van der Waals surface area contributed by atoms with Gasteiger partial charge in [0.1, 0.15) is 15.9 Å². The first-order valence-corrected chi connectivity index (χ1v) is 14.0. The minimum Gasteiger partial charge on any atom is -0.744 e. The molecule has 3 aromatic carbocycles. The average Bonchev–Trinajstić information content (AvgIpc) is 2.87. The summed E-state index contributed by atoms with van der Waals surface area (Å²) in [5.74, 6) is 0.237. The normalized spacial score (nSPS) is 11.5. The zero-order chi connectivity index (χ0) is 25.8. The van der Waals surface area contributed by atoms with Crippen molar-refractivity contribution < 1.29 is 73.9 Å². The second kappa shape index (κ2) is 16.5. The molecule has 0 heterocycles. The van der Waals surface area contributed by atoms with Crippen LogP contribution in [0.2, 0.25) is 0 Å². The molecular formula is C28H33KN2O5S. The monoisotopic (exact) mass is 548 g/mol. The topological polar surface area (TPSA) is 108 Å². The number of hydrogen-bond acceptors (Lipinski definition) is 7. The number of carbonyl (C=O) groups excluding carboxylic acids is 1. The molecule has 0 spiro atoms. The van der Waals surface area contributed by atoms with E-state index in [-0.39, 0.29) is 62.2 Å². The van der Waals surface area contributed by atoms with E-state index in [0.29, 0.717) is 23.5 Å². The molecule has 37 heavy (non-hydrogen) atoms. The minimum atomic E-state index is -4.51. The smallest absolute Gasteiger partial charge is 0.744 e. The van der Waals surface area contributed by atoms with Crippen molar-refractivity contribution in [1.29, 1.82) is 0 Å². The van der Waals surface area contributed by atoms with Gasteiger partial charge in [-0.25, -0.2) is 8.42 Å². The van der Waals surface area contributed by atoms with Crippen LogP contribution >= 0.6 is 0 Å². The number of hydrogen-bond donors (Lipinski definition) is 0. The largest absolute Gasteiger partial charge is 1.00 e. The molecule has 0 aliphatic heterocycles. The summed E-state index contributed by atoms with van der Waals surface area (Å²) in [7, 11) is -4.51. The SMILES string of the molecule is CCCCCCCCCCCC(=O)Oc1ccc(/N=N/c2ccc(S(=O)(=O)[O-])cc2)c2ccccc12.[K+].